The summed E-state index contributed by atoms with van der Waals surface area (Å²) in [6, 6.07) is 0. The monoisotopic (exact) mass is 477 g/mol. The van der Waals surface area contributed by atoms with Crippen molar-refractivity contribution in [3.05, 3.63) is 32.8 Å². The second-order valence-corrected chi connectivity index (χ2v) is 7.54. The molecule has 0 unspecified atom stereocenters. The Labute approximate surface area is 176 Å². The van der Waals surface area contributed by atoms with E-state index in [1.807, 2.05) is 0 Å². The highest BCUT2D eigenvalue weighted by atomic mass is 35.5. The van der Waals surface area contributed by atoms with Gasteiger partial charge < -0.3 is 5.32 Å². The van der Waals surface area contributed by atoms with E-state index >= 15 is 0 Å². The van der Waals surface area contributed by atoms with Crippen molar-refractivity contribution in [1.29, 1.82) is 0 Å². The number of rotatable bonds is 6. The minimum atomic E-state index is -4.79. The van der Waals surface area contributed by atoms with Gasteiger partial charge in [0.25, 0.3) is 5.91 Å². The molecule has 2 heterocycles. The van der Waals surface area contributed by atoms with Crippen molar-refractivity contribution >= 4 is 29.1 Å². The fourth-order valence-electron chi connectivity index (χ4n) is 3.02. The third kappa shape index (κ3) is 4.53. The molecule has 1 aliphatic carbocycles. The molecule has 14 heteroatoms. The fraction of sp³-hybridized carbons (Fsp3) is 0.562. The van der Waals surface area contributed by atoms with Crippen LogP contribution < -0.4 is 5.32 Å². The average molecular weight is 478 g/mol. The summed E-state index contributed by atoms with van der Waals surface area (Å²) in [4.78, 5) is 12.1. The van der Waals surface area contributed by atoms with E-state index in [0.29, 0.717) is 23.2 Å². The molecular weight excluding hydrogens is 463 g/mol. The number of nitrogens with zero attached hydrogens (tertiary/aromatic N) is 4. The van der Waals surface area contributed by atoms with Crippen molar-refractivity contribution in [2.75, 3.05) is 6.54 Å². The smallest absolute Gasteiger partial charge is 0.351 e. The Kier molecular flexibility index (Phi) is 6.02. The van der Waals surface area contributed by atoms with Crippen LogP contribution >= 0.6 is 23.2 Å². The van der Waals surface area contributed by atoms with Gasteiger partial charge in [0.1, 0.15) is 5.02 Å². The van der Waals surface area contributed by atoms with Crippen LogP contribution in [-0.2, 0) is 25.9 Å². The number of aryl methyl sites for hydroxylation is 2. The Bertz CT molecular complexity index is 961. The van der Waals surface area contributed by atoms with Crippen molar-refractivity contribution < 1.29 is 31.1 Å². The second kappa shape index (κ2) is 7.95. The van der Waals surface area contributed by atoms with E-state index in [-0.39, 0.29) is 25.4 Å². The van der Waals surface area contributed by atoms with Crippen LogP contribution in [0.3, 0.4) is 0 Å². The Morgan fingerprint density at radius 1 is 1.10 bits per heavy atom. The number of carbonyl (C=O) groups excluding carboxylic acids is 1. The first-order chi connectivity index (χ1) is 13.8. The van der Waals surface area contributed by atoms with Crippen LogP contribution in [0.2, 0.25) is 10.0 Å². The molecule has 30 heavy (non-hydrogen) atoms. The van der Waals surface area contributed by atoms with Crippen LogP contribution in [0.5, 0.6) is 0 Å². The van der Waals surface area contributed by atoms with Crippen molar-refractivity contribution in [2.45, 2.75) is 44.1 Å². The lowest BCUT2D eigenvalue weighted by molar-refractivity contribution is -0.143. The van der Waals surface area contributed by atoms with Crippen molar-refractivity contribution in [2.24, 2.45) is 7.05 Å². The summed E-state index contributed by atoms with van der Waals surface area (Å²) in [6.07, 6.45) is -7.89. The molecule has 3 rings (SSSR count). The first-order valence-corrected chi connectivity index (χ1v) is 9.49. The summed E-state index contributed by atoms with van der Waals surface area (Å²) in [7, 11) is 1.00. The molecule has 0 aliphatic heterocycles. The highest BCUT2D eigenvalue weighted by Gasteiger charge is 2.42. The van der Waals surface area contributed by atoms with Gasteiger partial charge in [-0.15, -0.1) is 0 Å². The molecule has 2 aromatic heterocycles. The van der Waals surface area contributed by atoms with Crippen LogP contribution in [0.25, 0.3) is 0 Å². The van der Waals surface area contributed by atoms with Crippen LogP contribution in [-0.4, -0.2) is 32.0 Å². The Morgan fingerprint density at radius 2 is 1.73 bits per heavy atom. The molecule has 0 aromatic carbocycles. The molecule has 6 nitrogen and oxygen atoms in total. The second-order valence-electron chi connectivity index (χ2n) is 6.79. The standard InChI is InChI=1S/C16H15Cl2F6N5O/c1-28-13(16(22,23)24)8(17)10(26-28)14(30)25-5-2-6-29-11(7-3-4-7)9(18)12(27-29)15(19,20)21/h7H,2-6H2,1H3,(H,25,30). The molecule has 0 bridgehead atoms. The lowest BCUT2D eigenvalue weighted by atomic mass is 10.2. The SMILES string of the molecule is Cn1nc(C(=O)NCCCn2nc(C(F)(F)F)c(Cl)c2C2CC2)c(Cl)c1C(F)(F)F. The summed E-state index contributed by atoms with van der Waals surface area (Å²) < 4.78 is 79.6. The number of amides is 1. The highest BCUT2D eigenvalue weighted by molar-refractivity contribution is 6.34. The maximum Gasteiger partial charge on any atom is 0.436 e. The molecule has 0 saturated heterocycles. The van der Waals surface area contributed by atoms with E-state index in [1.54, 1.807) is 0 Å². The van der Waals surface area contributed by atoms with E-state index < -0.39 is 45.4 Å². The molecular formula is C16H15Cl2F6N5O. The molecule has 1 saturated carbocycles. The van der Waals surface area contributed by atoms with E-state index in [4.69, 9.17) is 23.2 Å². The maximum absolute atomic E-state index is 13.0. The van der Waals surface area contributed by atoms with Gasteiger partial charge >= 0.3 is 12.4 Å². The van der Waals surface area contributed by atoms with E-state index in [9.17, 15) is 31.1 Å². The van der Waals surface area contributed by atoms with Gasteiger partial charge in [0.05, 0.1) is 10.7 Å². The molecule has 1 N–H and O–H groups in total. The fourth-order valence-corrected chi connectivity index (χ4v) is 3.77. The van der Waals surface area contributed by atoms with Gasteiger partial charge in [-0.2, -0.15) is 36.5 Å². The Hall–Kier alpha value is -1.95. The predicted molar refractivity (Wildman–Crippen MR) is 94.4 cm³/mol. The third-order valence-electron chi connectivity index (χ3n) is 4.47. The quantitative estimate of drug-likeness (QED) is 0.486. The number of hydrogen-bond donors (Lipinski definition) is 1. The lowest BCUT2D eigenvalue weighted by Gasteiger charge is -2.08. The number of alkyl halides is 6. The molecule has 0 radical (unpaired) electrons. The highest BCUT2D eigenvalue weighted by Crippen LogP contribution is 2.46. The number of halogens is 8. The zero-order valence-corrected chi connectivity index (χ0v) is 16.8. The van der Waals surface area contributed by atoms with Crippen LogP contribution in [0, 0.1) is 0 Å². The van der Waals surface area contributed by atoms with Crippen molar-refractivity contribution in [1.82, 2.24) is 24.9 Å². The minimum absolute atomic E-state index is 0.0334. The minimum Gasteiger partial charge on any atom is -0.351 e. The predicted octanol–water partition coefficient (Wildman–Crippen LogP) is 4.66. The summed E-state index contributed by atoms with van der Waals surface area (Å²) in [6.45, 7) is -0.0122. The topological polar surface area (TPSA) is 64.7 Å². The lowest BCUT2D eigenvalue weighted by Crippen LogP contribution is -2.26. The van der Waals surface area contributed by atoms with Crippen LogP contribution in [0.1, 0.15) is 52.8 Å². The summed E-state index contributed by atoms with van der Waals surface area (Å²) in [5, 5.41) is 8.16. The van der Waals surface area contributed by atoms with Crippen LogP contribution in [0.15, 0.2) is 0 Å². The largest absolute Gasteiger partial charge is 0.436 e. The van der Waals surface area contributed by atoms with Gasteiger partial charge in [0.15, 0.2) is 17.1 Å². The summed E-state index contributed by atoms with van der Waals surface area (Å²) >= 11 is 11.5. The molecule has 1 fully saturated rings. The molecule has 166 valence electrons. The number of aromatic nitrogens is 4. The maximum atomic E-state index is 13.0. The summed E-state index contributed by atoms with van der Waals surface area (Å²) in [5.41, 5.74) is -2.70. The molecule has 0 spiro atoms. The van der Waals surface area contributed by atoms with Crippen molar-refractivity contribution in [3.63, 3.8) is 0 Å². The van der Waals surface area contributed by atoms with E-state index in [0.717, 1.165) is 7.05 Å². The van der Waals surface area contributed by atoms with Crippen LogP contribution in [0.4, 0.5) is 26.3 Å². The zero-order chi connectivity index (χ0) is 22.4. The number of carbonyl (C=O) groups is 1. The normalized spacial score (nSPS) is 15.0. The molecule has 2 aromatic rings. The number of nitrogens with one attached hydrogen (secondary N) is 1. The van der Waals surface area contributed by atoms with Gasteiger partial charge in [0.2, 0.25) is 0 Å². The van der Waals surface area contributed by atoms with Gasteiger partial charge in [-0.1, -0.05) is 23.2 Å². The Morgan fingerprint density at radius 3 is 2.23 bits per heavy atom. The van der Waals surface area contributed by atoms with Gasteiger partial charge in [-0.3, -0.25) is 14.2 Å². The number of hydrogen-bond acceptors (Lipinski definition) is 3. The van der Waals surface area contributed by atoms with Crippen molar-refractivity contribution in [3.8, 4) is 0 Å². The molecule has 0 atom stereocenters. The van der Waals surface area contributed by atoms with Gasteiger partial charge in [-0.25, -0.2) is 0 Å². The summed E-state index contributed by atoms with van der Waals surface area (Å²) in [5.74, 6) is -1.02. The molecule has 1 amide bonds. The third-order valence-corrected chi connectivity index (χ3v) is 5.20. The van der Waals surface area contributed by atoms with Gasteiger partial charge in [-0.05, 0) is 19.3 Å². The first-order valence-electron chi connectivity index (χ1n) is 8.73. The van der Waals surface area contributed by atoms with E-state index in [1.165, 1.54) is 4.68 Å². The first kappa shape index (κ1) is 22.7. The van der Waals surface area contributed by atoms with Gasteiger partial charge in [0, 0.05) is 26.1 Å². The van der Waals surface area contributed by atoms with E-state index in [2.05, 4.69) is 15.5 Å². The zero-order valence-electron chi connectivity index (χ0n) is 15.3. The Balaban J connectivity index is 1.64. The molecule has 1 aliphatic rings. The average Bonchev–Trinajstić information content (AvgIpc) is 3.30.